The Bertz CT molecular complexity index is 325. The van der Waals surface area contributed by atoms with Gasteiger partial charge in [-0.2, -0.15) is 0 Å². The van der Waals surface area contributed by atoms with E-state index in [2.05, 4.69) is 20.8 Å². The van der Waals surface area contributed by atoms with Crippen LogP contribution >= 0.6 is 11.8 Å². The maximum atomic E-state index is 12.2. The van der Waals surface area contributed by atoms with Crippen molar-refractivity contribution < 1.29 is 14.7 Å². The second-order valence-corrected chi connectivity index (χ2v) is 7.12. The number of nitrogens with zero attached hydrogens (tertiary/aromatic N) is 1. The summed E-state index contributed by atoms with van der Waals surface area (Å²) in [6.07, 6.45) is 2.02. The Morgan fingerprint density at radius 1 is 1.39 bits per heavy atom. The molecule has 4 nitrogen and oxygen atoms in total. The number of hydrogen-bond donors (Lipinski definition) is 1. The first-order valence-electron chi connectivity index (χ1n) is 6.42. The van der Waals surface area contributed by atoms with Gasteiger partial charge in [-0.25, -0.2) is 4.79 Å². The van der Waals surface area contributed by atoms with Gasteiger partial charge in [0.15, 0.2) is 0 Å². The summed E-state index contributed by atoms with van der Waals surface area (Å²) in [5.74, 6) is -0.397. The fraction of sp³-hybridized carbons (Fsp3) is 0.846. The molecule has 2 atom stereocenters. The van der Waals surface area contributed by atoms with Crippen molar-refractivity contribution in [2.24, 2.45) is 5.41 Å². The largest absolute Gasteiger partial charge is 0.480 e. The van der Waals surface area contributed by atoms with Gasteiger partial charge in [-0.05, 0) is 18.3 Å². The van der Waals surface area contributed by atoms with Crippen LogP contribution in [0.5, 0.6) is 0 Å². The highest BCUT2D eigenvalue weighted by atomic mass is 32.2. The van der Waals surface area contributed by atoms with Crippen LogP contribution in [0, 0.1) is 5.41 Å². The molecule has 1 heterocycles. The topological polar surface area (TPSA) is 57.6 Å². The molecular formula is C13H23NO3S. The lowest BCUT2D eigenvalue weighted by molar-refractivity contribution is -0.149. The van der Waals surface area contributed by atoms with Crippen molar-refractivity contribution in [1.29, 1.82) is 0 Å². The van der Waals surface area contributed by atoms with E-state index in [1.165, 1.54) is 0 Å². The fourth-order valence-electron chi connectivity index (χ4n) is 2.01. The van der Waals surface area contributed by atoms with Crippen LogP contribution in [0.2, 0.25) is 0 Å². The van der Waals surface area contributed by atoms with Gasteiger partial charge in [0.2, 0.25) is 5.91 Å². The molecule has 104 valence electrons. The van der Waals surface area contributed by atoms with Gasteiger partial charge in [0.25, 0.3) is 0 Å². The number of carboxylic acids is 1. The molecule has 18 heavy (non-hydrogen) atoms. The van der Waals surface area contributed by atoms with Crippen molar-refractivity contribution in [3.63, 3.8) is 0 Å². The lowest BCUT2D eigenvalue weighted by Crippen LogP contribution is -2.45. The molecule has 0 aromatic rings. The zero-order chi connectivity index (χ0) is 13.9. The number of amides is 1. The first-order valence-corrected chi connectivity index (χ1v) is 7.46. The third-order valence-electron chi connectivity index (χ3n) is 3.10. The Kier molecular flexibility index (Phi) is 5.08. The summed E-state index contributed by atoms with van der Waals surface area (Å²) in [6.45, 7) is 8.26. The molecule has 0 saturated carbocycles. The van der Waals surface area contributed by atoms with E-state index >= 15 is 0 Å². The van der Waals surface area contributed by atoms with Crippen molar-refractivity contribution in [1.82, 2.24) is 4.90 Å². The van der Waals surface area contributed by atoms with Crippen LogP contribution in [0.15, 0.2) is 0 Å². The van der Waals surface area contributed by atoms with E-state index in [9.17, 15) is 9.59 Å². The summed E-state index contributed by atoms with van der Waals surface area (Å²) in [6, 6.07) is -0.646. The van der Waals surface area contributed by atoms with Crippen LogP contribution in [0.4, 0.5) is 0 Å². The van der Waals surface area contributed by atoms with Gasteiger partial charge in [-0.1, -0.05) is 27.7 Å². The smallest absolute Gasteiger partial charge is 0.327 e. The Balaban J connectivity index is 2.69. The van der Waals surface area contributed by atoms with Crippen molar-refractivity contribution in [2.45, 2.75) is 58.4 Å². The van der Waals surface area contributed by atoms with Gasteiger partial charge in [0, 0.05) is 12.2 Å². The first kappa shape index (κ1) is 15.3. The minimum absolute atomic E-state index is 0.0193. The third-order valence-corrected chi connectivity index (χ3v) is 4.56. The van der Waals surface area contributed by atoms with Gasteiger partial charge < -0.3 is 10.0 Å². The lowest BCUT2D eigenvalue weighted by Gasteiger charge is -2.28. The average molecular weight is 273 g/mol. The Morgan fingerprint density at radius 3 is 2.44 bits per heavy atom. The van der Waals surface area contributed by atoms with Crippen LogP contribution in [0.25, 0.3) is 0 Å². The maximum Gasteiger partial charge on any atom is 0.327 e. The summed E-state index contributed by atoms with van der Waals surface area (Å²) in [4.78, 5) is 25.0. The van der Waals surface area contributed by atoms with Gasteiger partial charge >= 0.3 is 5.97 Å². The maximum absolute atomic E-state index is 12.2. The number of hydrogen-bond acceptors (Lipinski definition) is 3. The van der Waals surface area contributed by atoms with Crippen LogP contribution in [-0.4, -0.2) is 39.1 Å². The summed E-state index contributed by atoms with van der Waals surface area (Å²) in [5, 5.41) is 9.19. The van der Waals surface area contributed by atoms with Crippen molar-refractivity contribution in [3.8, 4) is 0 Å². The second kappa shape index (κ2) is 5.95. The molecular weight excluding hydrogens is 250 g/mol. The zero-order valence-electron chi connectivity index (χ0n) is 11.6. The van der Waals surface area contributed by atoms with Crippen LogP contribution in [0.3, 0.4) is 0 Å². The minimum atomic E-state index is -0.887. The van der Waals surface area contributed by atoms with Gasteiger partial charge in [0.1, 0.15) is 6.04 Å². The SMILES string of the molecule is CCC1SCC(C(=O)O)N1C(=O)CCC(C)(C)C. The van der Waals surface area contributed by atoms with E-state index < -0.39 is 12.0 Å². The molecule has 0 aromatic heterocycles. The number of carbonyl (C=O) groups is 2. The number of carboxylic acid groups (broad SMARTS) is 1. The Hall–Kier alpha value is -0.710. The van der Waals surface area contributed by atoms with Crippen LogP contribution < -0.4 is 0 Å². The third kappa shape index (κ3) is 3.90. The van der Waals surface area contributed by atoms with Crippen LogP contribution in [-0.2, 0) is 9.59 Å². The second-order valence-electron chi connectivity index (χ2n) is 5.91. The molecule has 0 aromatic carbocycles. The highest BCUT2D eigenvalue weighted by molar-refractivity contribution is 8.00. The molecule has 0 radical (unpaired) electrons. The van der Waals surface area contributed by atoms with Gasteiger partial charge in [-0.3, -0.25) is 4.79 Å². The number of rotatable bonds is 4. The van der Waals surface area contributed by atoms with E-state index in [-0.39, 0.29) is 16.7 Å². The zero-order valence-corrected chi connectivity index (χ0v) is 12.4. The molecule has 0 aliphatic carbocycles. The van der Waals surface area contributed by atoms with E-state index in [1.54, 1.807) is 16.7 Å². The normalized spacial score (nSPS) is 24.3. The Labute approximate surface area is 113 Å². The van der Waals surface area contributed by atoms with Crippen molar-refractivity contribution >= 4 is 23.6 Å². The molecule has 1 rings (SSSR count). The van der Waals surface area contributed by atoms with E-state index in [1.807, 2.05) is 6.92 Å². The standard InChI is InChI=1S/C13H23NO3S/c1-5-11-14(9(8-18-11)12(16)17)10(15)6-7-13(2,3)4/h9,11H,5-8H2,1-4H3,(H,16,17). The molecule has 1 aliphatic rings. The molecule has 1 aliphatic heterocycles. The summed E-state index contributed by atoms with van der Waals surface area (Å²) in [7, 11) is 0. The molecule has 1 amide bonds. The van der Waals surface area contributed by atoms with Crippen molar-refractivity contribution in [2.75, 3.05) is 5.75 Å². The molecule has 0 bridgehead atoms. The van der Waals surface area contributed by atoms with Crippen LogP contribution in [0.1, 0.15) is 47.0 Å². The Morgan fingerprint density at radius 2 is 2.00 bits per heavy atom. The number of carbonyl (C=O) groups excluding carboxylic acids is 1. The average Bonchev–Trinajstić information content (AvgIpc) is 2.68. The monoisotopic (exact) mass is 273 g/mol. The lowest BCUT2D eigenvalue weighted by atomic mass is 9.90. The fourth-order valence-corrected chi connectivity index (χ4v) is 3.38. The van der Waals surface area contributed by atoms with Gasteiger partial charge in [-0.15, -0.1) is 11.8 Å². The molecule has 1 N–H and O–H groups in total. The molecule has 5 heteroatoms. The number of aliphatic carboxylic acids is 1. The number of thioether (sulfide) groups is 1. The summed E-state index contributed by atoms with van der Waals surface area (Å²) < 4.78 is 0. The minimum Gasteiger partial charge on any atom is -0.480 e. The predicted molar refractivity (Wildman–Crippen MR) is 73.5 cm³/mol. The quantitative estimate of drug-likeness (QED) is 0.855. The highest BCUT2D eigenvalue weighted by Crippen LogP contribution is 2.33. The van der Waals surface area contributed by atoms with Gasteiger partial charge in [0.05, 0.1) is 5.37 Å². The molecule has 2 unspecified atom stereocenters. The molecule has 1 saturated heterocycles. The van der Waals surface area contributed by atoms with E-state index in [4.69, 9.17) is 5.11 Å². The molecule has 0 spiro atoms. The van der Waals surface area contributed by atoms with E-state index in [0.29, 0.717) is 12.2 Å². The highest BCUT2D eigenvalue weighted by Gasteiger charge is 2.40. The predicted octanol–water partition coefficient (Wildman–Crippen LogP) is 2.58. The summed E-state index contributed by atoms with van der Waals surface area (Å²) >= 11 is 1.57. The van der Waals surface area contributed by atoms with E-state index in [0.717, 1.165) is 12.8 Å². The van der Waals surface area contributed by atoms with Crippen molar-refractivity contribution in [3.05, 3.63) is 0 Å². The summed E-state index contributed by atoms with van der Waals surface area (Å²) in [5.41, 5.74) is 0.100. The molecule has 1 fully saturated rings. The first-order chi connectivity index (χ1) is 8.26.